The van der Waals surface area contributed by atoms with E-state index in [9.17, 15) is 9.59 Å². The molecule has 0 aliphatic carbocycles. The number of benzene rings is 2. The van der Waals surface area contributed by atoms with Gasteiger partial charge in [0.2, 0.25) is 0 Å². The van der Waals surface area contributed by atoms with E-state index in [0.29, 0.717) is 16.8 Å². The largest absolute Gasteiger partial charge is 0.465 e. The molecule has 1 aromatic heterocycles. The van der Waals surface area contributed by atoms with E-state index in [2.05, 4.69) is 10.4 Å². The maximum Gasteiger partial charge on any atom is 0.337 e. The summed E-state index contributed by atoms with van der Waals surface area (Å²) in [5.74, 6) is -0.638. The van der Waals surface area contributed by atoms with Crippen LogP contribution in [0.2, 0.25) is 0 Å². The van der Waals surface area contributed by atoms with Gasteiger partial charge in [-0.2, -0.15) is 5.10 Å². The number of carbonyl (C=O) groups excluding carboxylic acids is 2. The SMILES string of the molecule is COC(=O)c1cccc(NC(=O)c2cnn(-c3ccc(C)cc3)c2C(C)C)c1. The minimum atomic E-state index is -0.453. The predicted molar refractivity (Wildman–Crippen MR) is 108 cm³/mol. The monoisotopic (exact) mass is 377 g/mol. The summed E-state index contributed by atoms with van der Waals surface area (Å²) in [6.07, 6.45) is 1.58. The van der Waals surface area contributed by atoms with Crippen molar-refractivity contribution in [3.63, 3.8) is 0 Å². The highest BCUT2D eigenvalue weighted by molar-refractivity contribution is 6.05. The molecule has 0 fully saturated rings. The van der Waals surface area contributed by atoms with Crippen molar-refractivity contribution in [1.29, 1.82) is 0 Å². The molecule has 0 spiro atoms. The van der Waals surface area contributed by atoms with Crippen molar-refractivity contribution >= 4 is 17.6 Å². The second-order valence-corrected chi connectivity index (χ2v) is 6.87. The van der Waals surface area contributed by atoms with E-state index in [-0.39, 0.29) is 11.8 Å². The predicted octanol–water partition coefficient (Wildman–Crippen LogP) is 4.34. The zero-order valence-electron chi connectivity index (χ0n) is 16.4. The minimum absolute atomic E-state index is 0.0888. The molecule has 0 saturated carbocycles. The molecule has 0 bridgehead atoms. The lowest BCUT2D eigenvalue weighted by molar-refractivity contribution is 0.0600. The molecule has 0 atom stereocenters. The number of methoxy groups -OCH3 is 1. The highest BCUT2D eigenvalue weighted by Crippen LogP contribution is 2.24. The summed E-state index contributed by atoms with van der Waals surface area (Å²) in [6.45, 7) is 6.07. The molecule has 3 aromatic rings. The highest BCUT2D eigenvalue weighted by atomic mass is 16.5. The Morgan fingerprint density at radius 3 is 2.46 bits per heavy atom. The number of nitrogens with zero attached hydrogens (tertiary/aromatic N) is 2. The Balaban J connectivity index is 1.92. The fourth-order valence-corrected chi connectivity index (χ4v) is 3.02. The van der Waals surface area contributed by atoms with E-state index in [1.807, 2.05) is 45.0 Å². The van der Waals surface area contributed by atoms with Crippen LogP contribution in [-0.2, 0) is 4.74 Å². The van der Waals surface area contributed by atoms with Crippen LogP contribution in [0.3, 0.4) is 0 Å². The van der Waals surface area contributed by atoms with Crippen LogP contribution in [0.4, 0.5) is 5.69 Å². The third kappa shape index (κ3) is 3.96. The third-order valence-corrected chi connectivity index (χ3v) is 4.42. The van der Waals surface area contributed by atoms with Crippen LogP contribution in [0.1, 0.15) is 51.7 Å². The van der Waals surface area contributed by atoms with Gasteiger partial charge in [0.05, 0.1) is 35.8 Å². The van der Waals surface area contributed by atoms with E-state index in [1.165, 1.54) is 7.11 Å². The summed E-state index contributed by atoms with van der Waals surface area (Å²) in [5.41, 5.74) is 4.28. The van der Waals surface area contributed by atoms with E-state index < -0.39 is 5.97 Å². The van der Waals surface area contributed by atoms with Crippen LogP contribution >= 0.6 is 0 Å². The number of hydrogen-bond acceptors (Lipinski definition) is 4. The second kappa shape index (κ2) is 8.08. The number of rotatable bonds is 5. The van der Waals surface area contributed by atoms with Crippen molar-refractivity contribution in [2.75, 3.05) is 12.4 Å². The normalized spacial score (nSPS) is 10.8. The van der Waals surface area contributed by atoms with Crippen molar-refractivity contribution in [1.82, 2.24) is 9.78 Å². The van der Waals surface area contributed by atoms with Crippen molar-refractivity contribution in [3.05, 3.63) is 77.1 Å². The van der Waals surface area contributed by atoms with Gasteiger partial charge in [-0.1, -0.05) is 37.6 Å². The average molecular weight is 377 g/mol. The van der Waals surface area contributed by atoms with Gasteiger partial charge in [0.25, 0.3) is 5.91 Å². The summed E-state index contributed by atoms with van der Waals surface area (Å²) in [5, 5.41) is 7.29. The van der Waals surface area contributed by atoms with Crippen molar-refractivity contribution < 1.29 is 14.3 Å². The van der Waals surface area contributed by atoms with Crippen LogP contribution in [0.5, 0.6) is 0 Å². The Morgan fingerprint density at radius 1 is 1.11 bits per heavy atom. The molecule has 1 N–H and O–H groups in total. The van der Waals surface area contributed by atoms with Crippen LogP contribution in [0.15, 0.2) is 54.7 Å². The van der Waals surface area contributed by atoms with E-state index in [4.69, 9.17) is 4.74 Å². The van der Waals surface area contributed by atoms with E-state index >= 15 is 0 Å². The quantitative estimate of drug-likeness (QED) is 0.671. The van der Waals surface area contributed by atoms with Crippen LogP contribution in [0.25, 0.3) is 5.69 Å². The van der Waals surface area contributed by atoms with Gasteiger partial charge in [0.15, 0.2) is 0 Å². The van der Waals surface area contributed by atoms with E-state index in [0.717, 1.165) is 16.9 Å². The first-order chi connectivity index (χ1) is 13.4. The lowest BCUT2D eigenvalue weighted by Gasteiger charge is -2.13. The molecule has 6 heteroatoms. The topological polar surface area (TPSA) is 73.2 Å². The fourth-order valence-electron chi connectivity index (χ4n) is 3.02. The number of nitrogens with one attached hydrogen (secondary N) is 1. The molecule has 28 heavy (non-hydrogen) atoms. The maximum absolute atomic E-state index is 12.9. The Kier molecular flexibility index (Phi) is 5.59. The first-order valence-electron chi connectivity index (χ1n) is 9.05. The van der Waals surface area contributed by atoms with Gasteiger partial charge >= 0.3 is 5.97 Å². The maximum atomic E-state index is 12.9. The molecule has 0 aliphatic rings. The van der Waals surface area contributed by atoms with Gasteiger partial charge in [-0.15, -0.1) is 0 Å². The smallest absolute Gasteiger partial charge is 0.337 e. The summed E-state index contributed by atoms with van der Waals surface area (Å²) in [7, 11) is 1.32. The molecule has 0 saturated heterocycles. The summed E-state index contributed by atoms with van der Waals surface area (Å²) in [6, 6.07) is 14.6. The van der Waals surface area contributed by atoms with Crippen molar-refractivity contribution in [3.8, 4) is 5.69 Å². The molecule has 1 heterocycles. The van der Waals surface area contributed by atoms with Crippen LogP contribution in [0, 0.1) is 6.92 Å². The molecule has 2 aromatic carbocycles. The Hall–Kier alpha value is -3.41. The summed E-state index contributed by atoms with van der Waals surface area (Å²) in [4.78, 5) is 24.6. The summed E-state index contributed by atoms with van der Waals surface area (Å²) < 4.78 is 6.52. The highest BCUT2D eigenvalue weighted by Gasteiger charge is 2.21. The molecule has 0 unspecified atom stereocenters. The van der Waals surface area contributed by atoms with Gasteiger partial charge in [0.1, 0.15) is 0 Å². The number of amides is 1. The van der Waals surface area contributed by atoms with Gasteiger partial charge in [-0.05, 0) is 43.2 Å². The van der Waals surface area contributed by atoms with E-state index in [1.54, 1.807) is 35.1 Å². The lowest BCUT2D eigenvalue weighted by atomic mass is 10.0. The second-order valence-electron chi connectivity index (χ2n) is 6.87. The first kappa shape index (κ1) is 19.4. The number of anilines is 1. The molecule has 0 radical (unpaired) electrons. The van der Waals surface area contributed by atoms with Crippen LogP contribution in [-0.4, -0.2) is 28.8 Å². The average Bonchev–Trinajstić information content (AvgIpc) is 3.13. The number of hydrogen-bond donors (Lipinski definition) is 1. The minimum Gasteiger partial charge on any atom is -0.465 e. The molecule has 3 rings (SSSR count). The number of carbonyl (C=O) groups is 2. The van der Waals surface area contributed by atoms with Crippen molar-refractivity contribution in [2.24, 2.45) is 0 Å². The van der Waals surface area contributed by atoms with Gasteiger partial charge in [-0.3, -0.25) is 4.79 Å². The standard InChI is InChI=1S/C22H23N3O3/c1-14(2)20-19(13-23-25(20)18-10-8-15(3)9-11-18)21(26)24-17-7-5-6-16(12-17)22(27)28-4/h5-14H,1-4H3,(H,24,26). The molecule has 0 aliphatic heterocycles. The zero-order chi connectivity index (χ0) is 20.3. The van der Waals surface area contributed by atoms with Gasteiger partial charge in [-0.25, -0.2) is 9.48 Å². The molecule has 144 valence electrons. The Bertz CT molecular complexity index is 1000. The van der Waals surface area contributed by atoms with Gasteiger partial charge < -0.3 is 10.1 Å². The molecule has 6 nitrogen and oxygen atoms in total. The number of aromatic nitrogens is 2. The summed E-state index contributed by atoms with van der Waals surface area (Å²) >= 11 is 0. The lowest BCUT2D eigenvalue weighted by Crippen LogP contribution is -2.16. The first-order valence-corrected chi connectivity index (χ1v) is 9.05. The van der Waals surface area contributed by atoms with Crippen LogP contribution < -0.4 is 5.32 Å². The Labute approximate surface area is 164 Å². The number of ether oxygens (including phenoxy) is 1. The molecule has 1 amide bonds. The zero-order valence-corrected chi connectivity index (χ0v) is 16.4. The number of esters is 1. The number of aryl methyl sites for hydroxylation is 1. The Morgan fingerprint density at radius 2 is 1.82 bits per heavy atom. The fraction of sp³-hybridized carbons (Fsp3) is 0.227. The van der Waals surface area contributed by atoms with Gasteiger partial charge in [0, 0.05) is 5.69 Å². The third-order valence-electron chi connectivity index (χ3n) is 4.42. The van der Waals surface area contributed by atoms with Crippen molar-refractivity contribution in [2.45, 2.75) is 26.7 Å². The molecular formula is C22H23N3O3. The molecular weight excluding hydrogens is 354 g/mol.